The zero-order valence-electron chi connectivity index (χ0n) is 14.6. The molecular formula is C19H22F2N2O2. The van der Waals surface area contributed by atoms with Gasteiger partial charge in [-0.3, -0.25) is 9.69 Å². The molecule has 2 aromatic carbocycles. The molecule has 134 valence electrons. The lowest BCUT2D eigenvalue weighted by molar-refractivity contribution is -0.122. The molecule has 0 spiro atoms. The van der Waals surface area contributed by atoms with Crippen LogP contribution in [0.4, 0.5) is 8.78 Å². The fraction of sp³-hybridized carbons (Fsp3) is 0.316. The number of hydrogen-bond donors (Lipinski definition) is 1. The number of carbonyl (C=O) groups is 1. The lowest BCUT2D eigenvalue weighted by Gasteiger charge is -2.20. The first kappa shape index (κ1) is 18.9. The quantitative estimate of drug-likeness (QED) is 0.835. The highest BCUT2D eigenvalue weighted by Gasteiger charge is 2.15. The van der Waals surface area contributed by atoms with Crippen molar-refractivity contribution in [3.8, 4) is 5.75 Å². The van der Waals surface area contributed by atoms with Crippen LogP contribution in [-0.4, -0.2) is 31.5 Å². The highest BCUT2D eigenvalue weighted by molar-refractivity contribution is 5.78. The number of ether oxygens (including phenoxy) is 1. The van der Waals surface area contributed by atoms with Crippen molar-refractivity contribution in [3.05, 3.63) is 65.2 Å². The number of nitrogens with zero attached hydrogens (tertiary/aromatic N) is 1. The Kier molecular flexibility index (Phi) is 6.47. The van der Waals surface area contributed by atoms with E-state index in [2.05, 4.69) is 5.32 Å². The third kappa shape index (κ3) is 5.53. The Hall–Kier alpha value is -2.47. The minimum Gasteiger partial charge on any atom is -0.497 e. The van der Waals surface area contributed by atoms with E-state index in [0.29, 0.717) is 6.54 Å². The Morgan fingerprint density at radius 3 is 2.68 bits per heavy atom. The monoisotopic (exact) mass is 348 g/mol. The average Bonchev–Trinajstić information content (AvgIpc) is 2.54. The fourth-order valence-electron chi connectivity index (χ4n) is 2.60. The molecule has 0 aliphatic carbocycles. The molecule has 2 rings (SSSR count). The van der Waals surface area contributed by atoms with E-state index < -0.39 is 17.7 Å². The summed E-state index contributed by atoms with van der Waals surface area (Å²) in [5.41, 5.74) is 1.28. The van der Waals surface area contributed by atoms with Crippen LogP contribution in [0.1, 0.15) is 24.1 Å². The molecule has 0 bridgehead atoms. The second-order valence-electron chi connectivity index (χ2n) is 5.98. The maximum atomic E-state index is 13.8. The van der Waals surface area contributed by atoms with Crippen molar-refractivity contribution in [1.29, 1.82) is 0 Å². The fourth-order valence-corrected chi connectivity index (χ4v) is 2.60. The number of nitrogens with one attached hydrogen (secondary N) is 1. The molecule has 0 aromatic heterocycles. The standard InChI is InChI=1S/C19H22F2N2O2/c1-13(17-8-7-15(20)10-18(17)21)22-19(24)12-23(2)11-14-5-4-6-16(9-14)25-3/h4-10,13H,11-12H2,1-3H3,(H,22,24). The van der Waals surface area contributed by atoms with Gasteiger partial charge in [0.1, 0.15) is 17.4 Å². The first-order valence-corrected chi connectivity index (χ1v) is 7.95. The zero-order chi connectivity index (χ0) is 18.4. The molecule has 1 N–H and O–H groups in total. The Bertz CT molecular complexity index is 737. The van der Waals surface area contributed by atoms with E-state index >= 15 is 0 Å². The SMILES string of the molecule is COc1cccc(CN(C)CC(=O)NC(C)c2ccc(F)cc2F)c1. The number of benzene rings is 2. The van der Waals surface area contributed by atoms with Crippen molar-refractivity contribution in [2.45, 2.75) is 19.5 Å². The van der Waals surface area contributed by atoms with Crippen LogP contribution >= 0.6 is 0 Å². The average molecular weight is 348 g/mol. The first-order chi connectivity index (χ1) is 11.9. The van der Waals surface area contributed by atoms with Gasteiger partial charge in [0.2, 0.25) is 5.91 Å². The molecule has 25 heavy (non-hydrogen) atoms. The van der Waals surface area contributed by atoms with Gasteiger partial charge in [0.05, 0.1) is 19.7 Å². The molecular weight excluding hydrogens is 326 g/mol. The van der Waals surface area contributed by atoms with E-state index in [0.717, 1.165) is 17.4 Å². The molecule has 1 amide bonds. The van der Waals surface area contributed by atoms with Gasteiger partial charge in [0.15, 0.2) is 0 Å². The Morgan fingerprint density at radius 2 is 2.00 bits per heavy atom. The second-order valence-corrected chi connectivity index (χ2v) is 5.98. The molecule has 1 atom stereocenters. The van der Waals surface area contributed by atoms with Gasteiger partial charge in [-0.1, -0.05) is 18.2 Å². The van der Waals surface area contributed by atoms with Crippen LogP contribution in [0.5, 0.6) is 5.75 Å². The molecule has 0 radical (unpaired) electrons. The lowest BCUT2D eigenvalue weighted by atomic mass is 10.1. The van der Waals surface area contributed by atoms with E-state index in [1.54, 1.807) is 14.0 Å². The van der Waals surface area contributed by atoms with Crippen LogP contribution in [0.2, 0.25) is 0 Å². The molecule has 0 fully saturated rings. The Balaban J connectivity index is 1.90. The molecule has 0 aliphatic heterocycles. The minimum atomic E-state index is -0.669. The van der Waals surface area contributed by atoms with E-state index in [1.807, 2.05) is 36.2 Å². The van der Waals surface area contributed by atoms with E-state index in [4.69, 9.17) is 4.74 Å². The summed E-state index contributed by atoms with van der Waals surface area (Å²) in [6, 6.07) is 10.4. The Morgan fingerprint density at radius 1 is 1.24 bits per heavy atom. The molecule has 1 unspecified atom stereocenters. The molecule has 2 aromatic rings. The van der Waals surface area contributed by atoms with E-state index in [-0.39, 0.29) is 18.0 Å². The summed E-state index contributed by atoms with van der Waals surface area (Å²) in [4.78, 5) is 14.0. The van der Waals surface area contributed by atoms with Crippen LogP contribution in [-0.2, 0) is 11.3 Å². The second kappa shape index (κ2) is 8.58. The lowest BCUT2D eigenvalue weighted by Crippen LogP contribution is -2.36. The van der Waals surface area contributed by atoms with Gasteiger partial charge in [-0.2, -0.15) is 0 Å². The van der Waals surface area contributed by atoms with Gasteiger partial charge in [0, 0.05) is 18.2 Å². The topological polar surface area (TPSA) is 41.6 Å². The van der Waals surface area contributed by atoms with Gasteiger partial charge < -0.3 is 10.1 Å². The van der Waals surface area contributed by atoms with Gasteiger partial charge >= 0.3 is 0 Å². The maximum absolute atomic E-state index is 13.8. The predicted molar refractivity (Wildman–Crippen MR) is 92.2 cm³/mol. The number of halogens is 2. The normalized spacial score (nSPS) is 12.1. The van der Waals surface area contributed by atoms with Gasteiger partial charge in [-0.15, -0.1) is 0 Å². The first-order valence-electron chi connectivity index (χ1n) is 7.95. The van der Waals surface area contributed by atoms with Crippen molar-refractivity contribution in [2.75, 3.05) is 20.7 Å². The highest BCUT2D eigenvalue weighted by Crippen LogP contribution is 2.18. The molecule has 0 saturated heterocycles. The van der Waals surface area contributed by atoms with Crippen molar-refractivity contribution < 1.29 is 18.3 Å². The third-order valence-corrected chi connectivity index (χ3v) is 3.81. The molecule has 4 nitrogen and oxygen atoms in total. The van der Waals surface area contributed by atoms with E-state index in [9.17, 15) is 13.6 Å². The largest absolute Gasteiger partial charge is 0.497 e. The summed E-state index contributed by atoms with van der Waals surface area (Å²) in [6.07, 6.45) is 0. The van der Waals surface area contributed by atoms with Crippen LogP contribution in [0.15, 0.2) is 42.5 Å². The summed E-state index contributed by atoms with van der Waals surface area (Å²) in [7, 11) is 3.43. The van der Waals surface area contributed by atoms with Gasteiger partial charge in [0.25, 0.3) is 0 Å². The number of methoxy groups -OCH3 is 1. The number of amides is 1. The Labute approximate surface area is 146 Å². The van der Waals surface area contributed by atoms with Gasteiger partial charge in [-0.25, -0.2) is 8.78 Å². The van der Waals surface area contributed by atoms with Crippen LogP contribution in [0.25, 0.3) is 0 Å². The third-order valence-electron chi connectivity index (χ3n) is 3.81. The minimum absolute atomic E-state index is 0.157. The number of likely N-dealkylation sites (N-methyl/N-ethyl adjacent to an activating group) is 1. The summed E-state index contributed by atoms with van der Waals surface area (Å²) in [6.45, 7) is 2.39. The van der Waals surface area contributed by atoms with Crippen molar-refractivity contribution >= 4 is 5.91 Å². The molecule has 6 heteroatoms. The molecule has 0 saturated carbocycles. The predicted octanol–water partition coefficient (Wildman–Crippen LogP) is 3.28. The van der Waals surface area contributed by atoms with Crippen molar-refractivity contribution in [1.82, 2.24) is 10.2 Å². The zero-order valence-corrected chi connectivity index (χ0v) is 14.6. The van der Waals surface area contributed by atoms with Gasteiger partial charge in [-0.05, 0) is 37.7 Å². The van der Waals surface area contributed by atoms with Crippen LogP contribution in [0, 0.1) is 11.6 Å². The molecule has 0 aliphatic rings. The number of hydrogen-bond acceptors (Lipinski definition) is 3. The van der Waals surface area contributed by atoms with Crippen molar-refractivity contribution in [2.24, 2.45) is 0 Å². The number of rotatable bonds is 7. The van der Waals surface area contributed by atoms with E-state index in [1.165, 1.54) is 12.1 Å². The van der Waals surface area contributed by atoms with Crippen molar-refractivity contribution in [3.63, 3.8) is 0 Å². The maximum Gasteiger partial charge on any atom is 0.234 e. The molecule has 0 heterocycles. The summed E-state index contributed by atoms with van der Waals surface area (Å²) >= 11 is 0. The van der Waals surface area contributed by atoms with Crippen LogP contribution in [0.3, 0.4) is 0 Å². The van der Waals surface area contributed by atoms with Crippen LogP contribution < -0.4 is 10.1 Å². The highest BCUT2D eigenvalue weighted by atomic mass is 19.1. The summed E-state index contributed by atoms with van der Waals surface area (Å²) in [5.74, 6) is -0.785. The summed E-state index contributed by atoms with van der Waals surface area (Å²) in [5, 5.41) is 2.73. The number of carbonyl (C=O) groups excluding carboxylic acids is 1. The smallest absolute Gasteiger partial charge is 0.234 e. The summed E-state index contributed by atoms with van der Waals surface area (Å²) < 4.78 is 31.9.